The van der Waals surface area contributed by atoms with Crippen LogP contribution in [0.1, 0.15) is 25.5 Å². The molecule has 1 aromatic rings. The van der Waals surface area contributed by atoms with Crippen molar-refractivity contribution in [2.24, 2.45) is 7.05 Å². The van der Waals surface area contributed by atoms with Crippen LogP contribution < -0.4 is 0 Å². The lowest BCUT2D eigenvalue weighted by Gasteiger charge is -2.06. The second-order valence-corrected chi connectivity index (χ2v) is 4.23. The Morgan fingerprint density at radius 3 is 2.09 bits per heavy atom. The number of imidazole rings is 1. The molecule has 0 fully saturated rings. The molecule has 2 nitrogen and oxygen atoms in total. The maximum atomic E-state index is 4.23. The molecule has 0 aliphatic carbocycles. The first-order valence-corrected chi connectivity index (χ1v) is 5.00. The van der Waals surface area contributed by atoms with Crippen molar-refractivity contribution >= 4 is 31.9 Å². The van der Waals surface area contributed by atoms with Crippen LogP contribution in [0.2, 0.25) is 0 Å². The van der Waals surface area contributed by atoms with Gasteiger partial charge in [-0.05, 0) is 37.8 Å². The summed E-state index contributed by atoms with van der Waals surface area (Å²) in [7, 11) is 2.00. The van der Waals surface area contributed by atoms with Gasteiger partial charge in [0.15, 0.2) is 4.73 Å². The van der Waals surface area contributed by atoms with Crippen molar-refractivity contribution in [3.63, 3.8) is 0 Å². The minimum atomic E-state index is 0.494. The van der Waals surface area contributed by atoms with E-state index in [0.717, 1.165) is 9.34 Å². The minimum absolute atomic E-state index is 0.494. The van der Waals surface area contributed by atoms with Crippen LogP contribution in [0.5, 0.6) is 0 Å². The van der Waals surface area contributed by atoms with Gasteiger partial charge >= 0.3 is 0 Å². The zero-order chi connectivity index (χ0) is 8.59. The molecule has 0 unspecified atom stereocenters. The lowest BCUT2D eigenvalue weighted by molar-refractivity contribution is 0.727. The van der Waals surface area contributed by atoms with Gasteiger partial charge in [0.2, 0.25) is 0 Å². The van der Waals surface area contributed by atoms with Gasteiger partial charge in [-0.25, -0.2) is 4.98 Å². The van der Waals surface area contributed by atoms with Crippen molar-refractivity contribution in [1.29, 1.82) is 0 Å². The van der Waals surface area contributed by atoms with Crippen LogP contribution in [0.15, 0.2) is 9.34 Å². The molecule has 0 bridgehead atoms. The monoisotopic (exact) mass is 280 g/mol. The van der Waals surface area contributed by atoms with Crippen molar-refractivity contribution in [1.82, 2.24) is 9.55 Å². The summed E-state index contributed by atoms with van der Waals surface area (Å²) >= 11 is 6.76. The smallest absolute Gasteiger partial charge is 0.178 e. The third kappa shape index (κ3) is 1.67. The molecule has 1 heterocycles. The molecule has 0 saturated carbocycles. The van der Waals surface area contributed by atoms with E-state index in [0.29, 0.717) is 5.92 Å². The highest BCUT2D eigenvalue weighted by molar-refractivity contribution is 9.11. The molecule has 1 aromatic heterocycles. The van der Waals surface area contributed by atoms with E-state index in [4.69, 9.17) is 0 Å². The first-order valence-electron chi connectivity index (χ1n) is 3.41. The van der Waals surface area contributed by atoms with Crippen LogP contribution >= 0.6 is 31.9 Å². The van der Waals surface area contributed by atoms with E-state index < -0.39 is 0 Å². The number of halogens is 2. The molecule has 62 valence electrons. The predicted octanol–water partition coefficient (Wildman–Crippen LogP) is 3.07. The lowest BCUT2D eigenvalue weighted by Crippen LogP contribution is -1.98. The largest absolute Gasteiger partial charge is 0.324 e. The van der Waals surface area contributed by atoms with Crippen molar-refractivity contribution in [2.45, 2.75) is 19.8 Å². The SMILES string of the molecule is CC(C)c1c(Br)nc(Br)n1C. The summed E-state index contributed by atoms with van der Waals surface area (Å²) in [6, 6.07) is 0. The van der Waals surface area contributed by atoms with Crippen LogP contribution in [0.25, 0.3) is 0 Å². The average Bonchev–Trinajstić information content (AvgIpc) is 2.07. The van der Waals surface area contributed by atoms with Crippen LogP contribution in [0, 0.1) is 0 Å². The molecule has 0 radical (unpaired) electrons. The summed E-state index contributed by atoms with van der Waals surface area (Å²) in [5.74, 6) is 0.494. The van der Waals surface area contributed by atoms with Gasteiger partial charge in [-0.2, -0.15) is 0 Å². The maximum absolute atomic E-state index is 4.23. The van der Waals surface area contributed by atoms with Gasteiger partial charge in [0.05, 0.1) is 5.69 Å². The first kappa shape index (κ1) is 9.26. The van der Waals surface area contributed by atoms with Crippen LogP contribution in [-0.4, -0.2) is 9.55 Å². The Morgan fingerprint density at radius 1 is 1.36 bits per heavy atom. The van der Waals surface area contributed by atoms with E-state index >= 15 is 0 Å². The van der Waals surface area contributed by atoms with Gasteiger partial charge in [0, 0.05) is 7.05 Å². The van der Waals surface area contributed by atoms with Crippen LogP contribution in [0.3, 0.4) is 0 Å². The lowest BCUT2D eigenvalue weighted by atomic mass is 10.1. The van der Waals surface area contributed by atoms with E-state index in [2.05, 4.69) is 50.7 Å². The molecule has 0 aliphatic heterocycles. The molecule has 0 spiro atoms. The highest BCUT2D eigenvalue weighted by atomic mass is 79.9. The fourth-order valence-corrected chi connectivity index (χ4v) is 2.57. The van der Waals surface area contributed by atoms with Gasteiger partial charge in [0.25, 0.3) is 0 Å². The molecule has 1 rings (SSSR count). The summed E-state index contributed by atoms with van der Waals surface area (Å²) in [4.78, 5) is 4.23. The van der Waals surface area contributed by atoms with Crippen molar-refractivity contribution in [2.75, 3.05) is 0 Å². The Hall–Kier alpha value is 0.170. The molecule has 0 saturated heterocycles. The van der Waals surface area contributed by atoms with Crippen LogP contribution in [-0.2, 0) is 7.05 Å². The fourth-order valence-electron chi connectivity index (χ4n) is 1.08. The van der Waals surface area contributed by atoms with Gasteiger partial charge in [-0.1, -0.05) is 13.8 Å². The predicted molar refractivity (Wildman–Crippen MR) is 52.7 cm³/mol. The number of aromatic nitrogens is 2. The number of hydrogen-bond acceptors (Lipinski definition) is 1. The quantitative estimate of drug-likeness (QED) is 0.774. The highest BCUT2D eigenvalue weighted by Crippen LogP contribution is 2.26. The number of nitrogens with zero attached hydrogens (tertiary/aromatic N) is 2. The Kier molecular flexibility index (Phi) is 2.75. The van der Waals surface area contributed by atoms with E-state index in [9.17, 15) is 0 Å². The normalized spacial score (nSPS) is 11.1. The molecular weight excluding hydrogens is 272 g/mol. The third-order valence-corrected chi connectivity index (χ3v) is 2.88. The van der Waals surface area contributed by atoms with E-state index in [1.54, 1.807) is 0 Å². The van der Waals surface area contributed by atoms with Crippen molar-refractivity contribution in [3.05, 3.63) is 15.0 Å². The number of hydrogen-bond donors (Lipinski definition) is 0. The standard InChI is InChI=1S/C7H10Br2N2/c1-4(2)5-6(8)10-7(9)11(5)3/h4H,1-3H3. The molecular formula is C7H10Br2N2. The number of rotatable bonds is 1. The average molecular weight is 282 g/mol. The topological polar surface area (TPSA) is 17.8 Å². The molecule has 4 heteroatoms. The minimum Gasteiger partial charge on any atom is -0.324 e. The second kappa shape index (κ2) is 3.27. The summed E-state index contributed by atoms with van der Waals surface area (Å²) in [6.07, 6.45) is 0. The maximum Gasteiger partial charge on any atom is 0.178 e. The van der Waals surface area contributed by atoms with E-state index in [-0.39, 0.29) is 0 Å². The van der Waals surface area contributed by atoms with Crippen molar-refractivity contribution < 1.29 is 0 Å². The summed E-state index contributed by atoms with van der Waals surface area (Å²) < 4.78 is 3.84. The first-order chi connectivity index (χ1) is 5.04. The Morgan fingerprint density at radius 2 is 1.91 bits per heavy atom. The van der Waals surface area contributed by atoms with Gasteiger partial charge in [0.1, 0.15) is 4.60 Å². The Labute approximate surface area is 83.3 Å². The van der Waals surface area contributed by atoms with Gasteiger partial charge in [-0.15, -0.1) is 0 Å². The Balaban J connectivity index is 3.22. The molecule has 0 amide bonds. The van der Waals surface area contributed by atoms with Crippen LogP contribution in [0.4, 0.5) is 0 Å². The third-order valence-electron chi connectivity index (χ3n) is 1.59. The second-order valence-electron chi connectivity index (χ2n) is 2.77. The molecule has 0 atom stereocenters. The van der Waals surface area contributed by atoms with Gasteiger partial charge in [-0.3, -0.25) is 0 Å². The summed E-state index contributed by atoms with van der Waals surface area (Å²) in [5.41, 5.74) is 1.22. The summed E-state index contributed by atoms with van der Waals surface area (Å²) in [5, 5.41) is 0. The molecule has 0 aliphatic rings. The summed E-state index contributed by atoms with van der Waals surface area (Å²) in [6.45, 7) is 4.29. The zero-order valence-corrected chi connectivity index (χ0v) is 9.90. The molecule has 0 N–H and O–H groups in total. The fraction of sp³-hybridized carbons (Fsp3) is 0.571. The molecule has 0 aromatic carbocycles. The van der Waals surface area contributed by atoms with E-state index in [1.165, 1.54) is 5.69 Å². The van der Waals surface area contributed by atoms with E-state index in [1.807, 2.05) is 11.6 Å². The highest BCUT2D eigenvalue weighted by Gasteiger charge is 2.12. The molecule has 11 heavy (non-hydrogen) atoms. The van der Waals surface area contributed by atoms with Gasteiger partial charge < -0.3 is 4.57 Å². The zero-order valence-electron chi connectivity index (χ0n) is 6.73. The van der Waals surface area contributed by atoms with Crippen molar-refractivity contribution in [3.8, 4) is 0 Å². The Bertz CT molecular complexity index is 266.